The van der Waals surface area contributed by atoms with Gasteiger partial charge in [-0.05, 0) is 42.5 Å². The lowest BCUT2D eigenvalue weighted by atomic mass is 9.52. The van der Waals surface area contributed by atoms with E-state index in [0.29, 0.717) is 22.7 Å². The smallest absolute Gasteiger partial charge is 0.252 e. The fourth-order valence-corrected chi connectivity index (χ4v) is 9.68. The van der Waals surface area contributed by atoms with Gasteiger partial charge in [-0.25, -0.2) is 26.5 Å². The molecule has 1 aliphatic heterocycles. The fourth-order valence-electron chi connectivity index (χ4n) is 6.83. The maximum absolute atomic E-state index is 15.8. The zero-order valence-electron chi connectivity index (χ0n) is 24.3. The number of carboxylic acid groups (broad SMARTS) is 1. The summed E-state index contributed by atoms with van der Waals surface area (Å²) >= 11 is 0. The summed E-state index contributed by atoms with van der Waals surface area (Å²) in [6.07, 6.45) is 1.82. The molecule has 10 nitrogen and oxygen atoms in total. The van der Waals surface area contributed by atoms with Crippen LogP contribution in [0.2, 0.25) is 0 Å². The molecule has 2 aliphatic rings. The molecule has 3 heterocycles. The summed E-state index contributed by atoms with van der Waals surface area (Å²) in [5, 5.41) is 12.5. The number of hydrogen-bond donors (Lipinski definition) is 1. The van der Waals surface area contributed by atoms with Crippen molar-refractivity contribution in [1.82, 2.24) is 14.3 Å². The molecule has 0 aromatic carbocycles. The van der Waals surface area contributed by atoms with E-state index in [1.165, 1.54) is 33.1 Å². The third-order valence-corrected chi connectivity index (χ3v) is 11.8. The monoisotopic (exact) mass is 605 g/mol. The molecule has 0 unspecified atom stereocenters. The van der Waals surface area contributed by atoms with Gasteiger partial charge in [0.1, 0.15) is 4.75 Å². The van der Waals surface area contributed by atoms with Gasteiger partial charge in [0.2, 0.25) is 21.8 Å². The second kappa shape index (κ2) is 10.3. The summed E-state index contributed by atoms with van der Waals surface area (Å²) in [6.45, 7) is 7.60. The molecule has 1 saturated carbocycles. The lowest BCUT2D eigenvalue weighted by Crippen LogP contribution is -2.64. The number of pyridine rings is 2. The number of nitrogens with two attached hydrogens (primary N) is 1. The first-order valence-corrected chi connectivity index (χ1v) is 14.8. The first-order valence-electron chi connectivity index (χ1n) is 13.4. The number of primary amides is 1. The summed E-state index contributed by atoms with van der Waals surface area (Å²) in [5.74, 6) is -8.20. The van der Waals surface area contributed by atoms with Gasteiger partial charge in [0.05, 0.1) is 18.3 Å². The average molecular weight is 606 g/mol. The van der Waals surface area contributed by atoms with Crippen LogP contribution in [0.3, 0.4) is 0 Å². The zero-order chi connectivity index (χ0) is 31.5. The molecule has 0 radical (unpaired) electrons. The van der Waals surface area contributed by atoms with Crippen molar-refractivity contribution in [2.45, 2.75) is 63.7 Å². The van der Waals surface area contributed by atoms with Crippen molar-refractivity contribution in [3.8, 4) is 17.0 Å². The number of alkyl halides is 2. The van der Waals surface area contributed by atoms with Crippen LogP contribution in [-0.2, 0) is 14.8 Å². The molecule has 13 heteroatoms. The highest BCUT2D eigenvalue weighted by molar-refractivity contribution is 7.91. The van der Waals surface area contributed by atoms with Crippen LogP contribution < -0.4 is 15.6 Å². The number of fused-ring (bicyclic) bond motifs is 1. The number of rotatable bonds is 6. The highest BCUT2D eigenvalue weighted by Crippen LogP contribution is 2.67. The largest absolute Gasteiger partial charge is 0.529 e. The van der Waals surface area contributed by atoms with Gasteiger partial charge in [-0.15, -0.1) is 0 Å². The Morgan fingerprint density at radius 1 is 1.24 bits per heavy atom. The van der Waals surface area contributed by atoms with Gasteiger partial charge in [-0.2, -0.15) is 0 Å². The number of hydrogen-bond acceptors (Lipinski definition) is 8. The van der Waals surface area contributed by atoms with Gasteiger partial charge in [-0.1, -0.05) is 39.8 Å². The van der Waals surface area contributed by atoms with Gasteiger partial charge in [0, 0.05) is 48.2 Å². The number of carbonyl (C=O) groups is 2. The lowest BCUT2D eigenvalue weighted by Gasteiger charge is -2.55. The average Bonchev–Trinajstić information content (AvgIpc) is 3.03. The van der Waals surface area contributed by atoms with Crippen LogP contribution >= 0.6 is 0 Å². The van der Waals surface area contributed by atoms with E-state index in [2.05, 4.69) is 9.97 Å². The number of allylic oxidation sites excluding steroid dienone is 1. The minimum absolute atomic E-state index is 0.191. The summed E-state index contributed by atoms with van der Waals surface area (Å²) in [4.78, 5) is 33.3. The van der Waals surface area contributed by atoms with E-state index in [4.69, 9.17) is 10.5 Å². The second-order valence-electron chi connectivity index (χ2n) is 12.3. The Labute approximate surface area is 244 Å². The van der Waals surface area contributed by atoms with Crippen LogP contribution in [0.5, 0.6) is 5.88 Å². The molecule has 228 valence electrons. The molecule has 0 spiro atoms. The predicted octanol–water partition coefficient (Wildman–Crippen LogP) is 3.48. The molecule has 5 atom stereocenters. The SMILES string of the molecule is COc1ncccc1-c1ccc(/C=C/[C@H]2[C@H](C)C(F)(F)C[C@]3(CC(N)=O)[C@H]2[C@](C)(C(C)(C)C)N(C(=O)[O-])S3(=O)=O)nc1. The Bertz CT molecular complexity index is 1530. The Balaban J connectivity index is 1.89. The minimum Gasteiger partial charge on any atom is -0.529 e. The highest BCUT2D eigenvalue weighted by Gasteiger charge is 2.78. The van der Waals surface area contributed by atoms with Gasteiger partial charge in [-0.3, -0.25) is 9.78 Å². The number of ether oxygens (including phenoxy) is 1. The van der Waals surface area contributed by atoms with Crippen LogP contribution in [0, 0.1) is 23.2 Å². The number of methoxy groups -OCH3 is 1. The molecule has 1 aliphatic carbocycles. The van der Waals surface area contributed by atoms with Gasteiger partial charge < -0.3 is 20.4 Å². The minimum atomic E-state index is -5.06. The third kappa shape index (κ3) is 4.61. The van der Waals surface area contributed by atoms with Crippen LogP contribution in [0.25, 0.3) is 17.2 Å². The van der Waals surface area contributed by atoms with Crippen molar-refractivity contribution >= 4 is 28.1 Å². The summed E-state index contributed by atoms with van der Waals surface area (Å²) < 4.78 is 62.6. The highest BCUT2D eigenvalue weighted by atomic mass is 32.2. The molecule has 2 amide bonds. The molecule has 1 saturated heterocycles. The van der Waals surface area contributed by atoms with Crippen LogP contribution in [0.15, 0.2) is 42.7 Å². The number of nitrogens with zero attached hydrogens (tertiary/aromatic N) is 3. The molecule has 2 fully saturated rings. The maximum Gasteiger partial charge on any atom is 0.252 e. The first-order chi connectivity index (χ1) is 19.3. The first kappa shape index (κ1) is 31.3. The normalized spacial score (nSPS) is 30.2. The Hall–Kier alpha value is -3.61. The Morgan fingerprint density at radius 3 is 2.43 bits per heavy atom. The summed E-state index contributed by atoms with van der Waals surface area (Å²) in [7, 11) is -3.57. The number of sulfonamides is 1. The van der Waals surface area contributed by atoms with Crippen molar-refractivity contribution in [3.63, 3.8) is 0 Å². The molecule has 4 rings (SSSR count). The van der Waals surface area contributed by atoms with Crippen molar-refractivity contribution < 1.29 is 36.6 Å². The van der Waals surface area contributed by atoms with Gasteiger partial charge in [0.15, 0.2) is 6.09 Å². The van der Waals surface area contributed by atoms with Gasteiger partial charge in [0.25, 0.3) is 5.92 Å². The van der Waals surface area contributed by atoms with Crippen molar-refractivity contribution in [1.29, 1.82) is 0 Å². The fraction of sp³-hybridized carbons (Fsp3) is 0.517. The van der Waals surface area contributed by atoms with E-state index in [1.54, 1.807) is 57.4 Å². The number of halogens is 2. The second-order valence-corrected chi connectivity index (χ2v) is 14.4. The van der Waals surface area contributed by atoms with Crippen molar-refractivity contribution in [3.05, 3.63) is 48.4 Å². The third-order valence-electron chi connectivity index (χ3n) is 9.22. The van der Waals surface area contributed by atoms with Crippen LogP contribution in [0.4, 0.5) is 13.6 Å². The van der Waals surface area contributed by atoms with Crippen LogP contribution in [-0.4, -0.2) is 58.0 Å². The van der Waals surface area contributed by atoms with E-state index >= 15 is 8.78 Å². The molecule has 2 aromatic rings. The summed E-state index contributed by atoms with van der Waals surface area (Å²) in [6, 6.07) is 6.95. The number of carbonyl (C=O) groups excluding carboxylic acids is 2. The number of amides is 2. The molecule has 2 N–H and O–H groups in total. The standard InChI is InChI=1S/C29H36F2N4O6S/c1-17-20(12-11-19-10-9-18(15-34-19)21-8-7-13-33-24(21)41-6)23-27(5,26(2,3)4)35(25(37)38)42(39,40)28(23,14-22(32)36)16-29(17,30)31/h7-13,15,17,20,23H,14,16H2,1-6H3,(H2,32,36)(H,37,38)/p-1/b12-11+/t17-,20-,23+,27+,28+/m0/s1. The molecular formula is C29H35F2N4O6S-. The van der Waals surface area contributed by atoms with E-state index < -0.39 is 74.2 Å². The molecular weight excluding hydrogens is 570 g/mol. The van der Waals surface area contributed by atoms with Crippen molar-refractivity contribution in [2.24, 2.45) is 28.9 Å². The van der Waals surface area contributed by atoms with E-state index in [1.807, 2.05) is 0 Å². The molecule has 0 bridgehead atoms. The lowest BCUT2D eigenvalue weighted by molar-refractivity contribution is -0.267. The molecule has 42 heavy (non-hydrogen) atoms. The quantitative estimate of drug-likeness (QED) is 0.525. The van der Waals surface area contributed by atoms with E-state index in [9.17, 15) is 23.1 Å². The Kier molecular flexibility index (Phi) is 7.67. The zero-order valence-corrected chi connectivity index (χ0v) is 25.1. The van der Waals surface area contributed by atoms with Crippen molar-refractivity contribution in [2.75, 3.05) is 7.11 Å². The van der Waals surface area contributed by atoms with Gasteiger partial charge >= 0.3 is 0 Å². The van der Waals surface area contributed by atoms with E-state index in [-0.39, 0.29) is 4.31 Å². The molecule has 2 aromatic heterocycles. The van der Waals surface area contributed by atoms with E-state index in [0.717, 1.165) is 0 Å². The predicted molar refractivity (Wildman–Crippen MR) is 149 cm³/mol. The summed E-state index contributed by atoms with van der Waals surface area (Å²) in [5.41, 5.74) is 4.38. The maximum atomic E-state index is 15.8. The Morgan fingerprint density at radius 2 is 1.90 bits per heavy atom. The van der Waals surface area contributed by atoms with Crippen LogP contribution in [0.1, 0.15) is 53.2 Å². The number of aromatic nitrogens is 2. The topological polar surface area (TPSA) is 156 Å².